The van der Waals surface area contributed by atoms with Crippen LogP contribution in [0.3, 0.4) is 0 Å². The molecule has 1 aliphatic rings. The third kappa shape index (κ3) is 8.47. The van der Waals surface area contributed by atoms with Crippen LogP contribution >= 0.6 is 0 Å². The van der Waals surface area contributed by atoms with Crippen molar-refractivity contribution in [2.45, 2.75) is 19.3 Å². The van der Waals surface area contributed by atoms with Crippen LogP contribution < -0.4 is 9.80 Å². The summed E-state index contributed by atoms with van der Waals surface area (Å²) in [6.45, 7) is 4.70. The molecule has 12 aromatic carbocycles. The highest BCUT2D eigenvalue weighted by molar-refractivity contribution is 5.96. The van der Waals surface area contributed by atoms with Gasteiger partial charge in [-0.1, -0.05) is 214 Å². The zero-order valence-electron chi connectivity index (χ0n) is 42.1. The molecule has 1 aliphatic carbocycles. The Kier molecular flexibility index (Phi) is 11.6. The Labute approximate surface area is 440 Å². The lowest BCUT2D eigenvalue weighted by Crippen LogP contribution is -2.16. The van der Waals surface area contributed by atoms with Crippen LogP contribution in [0.15, 0.2) is 291 Å². The predicted octanol–water partition coefficient (Wildman–Crippen LogP) is 20.4. The highest BCUT2D eigenvalue weighted by atomic mass is 15.1. The van der Waals surface area contributed by atoms with Crippen LogP contribution in [0.25, 0.3) is 77.5 Å². The molecule has 13 rings (SSSR count). The van der Waals surface area contributed by atoms with Gasteiger partial charge in [0.05, 0.1) is 0 Å². The molecule has 0 aromatic heterocycles. The minimum atomic E-state index is -0.109. The summed E-state index contributed by atoms with van der Waals surface area (Å²) in [5.74, 6) is 0. The first-order valence-electron chi connectivity index (χ1n) is 26.0. The van der Waals surface area contributed by atoms with Crippen LogP contribution in [-0.4, -0.2) is 0 Å². The van der Waals surface area contributed by atoms with E-state index in [-0.39, 0.29) is 5.41 Å². The Morgan fingerprint density at radius 3 is 1.09 bits per heavy atom. The molecule has 0 heterocycles. The van der Waals surface area contributed by atoms with Crippen molar-refractivity contribution in [3.8, 4) is 66.8 Å². The Morgan fingerprint density at radius 1 is 0.213 bits per heavy atom. The smallest absolute Gasteiger partial charge is 0.0465 e. The first kappa shape index (κ1) is 45.4. The second-order valence-corrected chi connectivity index (χ2v) is 20.1. The maximum atomic E-state index is 2.42. The third-order valence-corrected chi connectivity index (χ3v) is 15.3. The highest BCUT2D eigenvalue weighted by Crippen LogP contribution is 2.51. The first-order valence-corrected chi connectivity index (χ1v) is 26.0. The van der Waals surface area contributed by atoms with E-state index in [2.05, 4.69) is 315 Å². The third-order valence-electron chi connectivity index (χ3n) is 15.3. The molecule has 0 atom stereocenters. The van der Waals surface area contributed by atoms with Crippen LogP contribution in [-0.2, 0) is 5.41 Å². The number of para-hydroxylation sites is 2. The fourth-order valence-corrected chi connectivity index (χ4v) is 11.4. The van der Waals surface area contributed by atoms with Crippen LogP contribution in [0.1, 0.15) is 25.0 Å². The van der Waals surface area contributed by atoms with E-state index in [1.165, 1.54) is 77.5 Å². The summed E-state index contributed by atoms with van der Waals surface area (Å²) in [7, 11) is 0. The molecule has 12 aromatic rings. The van der Waals surface area contributed by atoms with Gasteiger partial charge >= 0.3 is 0 Å². The second-order valence-electron chi connectivity index (χ2n) is 20.1. The molecular weight excluding hydrogens is 905 g/mol. The zero-order valence-corrected chi connectivity index (χ0v) is 42.1. The quantitative estimate of drug-likeness (QED) is 0.127. The van der Waals surface area contributed by atoms with E-state index >= 15 is 0 Å². The van der Waals surface area contributed by atoms with E-state index < -0.39 is 0 Å². The maximum absolute atomic E-state index is 2.42. The molecule has 0 bridgehead atoms. The summed E-state index contributed by atoms with van der Waals surface area (Å²) in [5.41, 5.74) is 23.7. The minimum Gasteiger partial charge on any atom is -0.311 e. The molecule has 0 amide bonds. The minimum absolute atomic E-state index is 0.109. The van der Waals surface area contributed by atoms with E-state index in [0.29, 0.717) is 0 Å². The molecule has 0 fully saturated rings. The Balaban J connectivity index is 0.890. The van der Waals surface area contributed by atoms with E-state index in [0.717, 1.165) is 45.3 Å². The summed E-state index contributed by atoms with van der Waals surface area (Å²) in [4.78, 5) is 4.74. The Bertz CT molecular complexity index is 3980. The van der Waals surface area contributed by atoms with Crippen LogP contribution in [0.5, 0.6) is 0 Å². The van der Waals surface area contributed by atoms with Gasteiger partial charge in [-0.3, -0.25) is 0 Å². The van der Waals surface area contributed by atoms with E-state index in [4.69, 9.17) is 0 Å². The molecule has 0 unspecified atom stereocenters. The van der Waals surface area contributed by atoms with Crippen LogP contribution in [0, 0.1) is 0 Å². The van der Waals surface area contributed by atoms with Gasteiger partial charge in [0.1, 0.15) is 0 Å². The van der Waals surface area contributed by atoms with Gasteiger partial charge in [0.25, 0.3) is 0 Å². The van der Waals surface area contributed by atoms with Gasteiger partial charge in [-0.15, -0.1) is 0 Å². The number of hydrogen-bond donors (Lipinski definition) is 0. The second kappa shape index (κ2) is 19.2. The standard InChI is InChI=1S/C73H54N2/c1-73(2)71-30-18-17-29-65(71)66-46-45-64(48-72(66)73)75(60-27-13-6-14-28-60)63-43-37-56(38-44-63)70-50-67(53-20-7-3-8-21-53)69(49-68(70)54-22-9-4-10-23-54)55-35-41-62(42-36-55)74(59-25-11-5-12-26-59)61-39-33-52(34-40-61)58-32-31-51-19-15-16-24-57(51)47-58/h3-50H,1-2H3. The first-order chi connectivity index (χ1) is 36.9. The number of anilines is 6. The van der Waals surface area contributed by atoms with Gasteiger partial charge in [0.15, 0.2) is 0 Å². The molecule has 0 spiro atoms. The summed E-state index contributed by atoms with van der Waals surface area (Å²) in [5, 5.41) is 2.49. The largest absolute Gasteiger partial charge is 0.311 e. The number of hydrogen-bond acceptors (Lipinski definition) is 2. The predicted molar refractivity (Wildman–Crippen MR) is 318 cm³/mol. The molecule has 2 heteroatoms. The van der Waals surface area contributed by atoms with Crippen molar-refractivity contribution >= 4 is 44.9 Å². The average molecular weight is 959 g/mol. The van der Waals surface area contributed by atoms with E-state index in [1.807, 2.05) is 0 Å². The molecule has 0 N–H and O–H groups in total. The van der Waals surface area contributed by atoms with Crippen molar-refractivity contribution < 1.29 is 0 Å². The topological polar surface area (TPSA) is 6.48 Å². The van der Waals surface area contributed by atoms with Crippen molar-refractivity contribution in [3.05, 3.63) is 302 Å². The summed E-state index contributed by atoms with van der Waals surface area (Å²) in [6.07, 6.45) is 0. The Hall–Kier alpha value is -9.50. The monoisotopic (exact) mass is 958 g/mol. The maximum Gasteiger partial charge on any atom is 0.0465 e. The van der Waals surface area contributed by atoms with Gasteiger partial charge in [-0.05, 0) is 180 Å². The lowest BCUT2D eigenvalue weighted by atomic mass is 9.82. The molecule has 0 saturated heterocycles. The molecule has 0 radical (unpaired) electrons. The lowest BCUT2D eigenvalue weighted by Gasteiger charge is -2.28. The van der Waals surface area contributed by atoms with Crippen molar-refractivity contribution in [2.75, 3.05) is 9.80 Å². The van der Waals surface area contributed by atoms with Gasteiger partial charge in [0, 0.05) is 39.5 Å². The van der Waals surface area contributed by atoms with Gasteiger partial charge < -0.3 is 9.80 Å². The van der Waals surface area contributed by atoms with Crippen molar-refractivity contribution in [3.63, 3.8) is 0 Å². The SMILES string of the molecule is CC1(C)c2ccccc2-c2ccc(N(c3ccccc3)c3ccc(-c4cc(-c5ccccc5)c(-c5ccc(N(c6ccccc6)c6ccc(-c7ccc8ccccc8c7)cc6)cc5)cc4-c4ccccc4)cc3)cc21. The molecule has 0 aliphatic heterocycles. The van der Waals surface area contributed by atoms with Crippen LogP contribution in [0.2, 0.25) is 0 Å². The molecule has 2 nitrogen and oxygen atoms in total. The number of nitrogens with zero attached hydrogens (tertiary/aromatic N) is 2. The molecular formula is C73H54N2. The molecule has 356 valence electrons. The van der Waals surface area contributed by atoms with E-state index in [1.54, 1.807) is 0 Å². The lowest BCUT2D eigenvalue weighted by molar-refractivity contribution is 0.660. The Morgan fingerprint density at radius 2 is 0.573 bits per heavy atom. The van der Waals surface area contributed by atoms with Gasteiger partial charge in [-0.25, -0.2) is 0 Å². The fraction of sp³-hybridized carbons (Fsp3) is 0.0411. The van der Waals surface area contributed by atoms with Crippen molar-refractivity contribution in [1.82, 2.24) is 0 Å². The molecule has 0 saturated carbocycles. The van der Waals surface area contributed by atoms with E-state index in [9.17, 15) is 0 Å². The average Bonchev–Trinajstić information content (AvgIpc) is 3.71. The summed E-state index contributed by atoms with van der Waals surface area (Å²) in [6, 6.07) is 106. The highest BCUT2D eigenvalue weighted by Gasteiger charge is 2.35. The van der Waals surface area contributed by atoms with Gasteiger partial charge in [0.2, 0.25) is 0 Å². The number of benzene rings is 12. The van der Waals surface area contributed by atoms with Crippen LogP contribution in [0.4, 0.5) is 34.1 Å². The van der Waals surface area contributed by atoms with Gasteiger partial charge in [-0.2, -0.15) is 0 Å². The fourth-order valence-electron chi connectivity index (χ4n) is 11.4. The van der Waals surface area contributed by atoms with Crippen molar-refractivity contribution in [2.24, 2.45) is 0 Å². The number of fused-ring (bicyclic) bond motifs is 4. The summed E-state index contributed by atoms with van der Waals surface area (Å²) < 4.78 is 0. The zero-order chi connectivity index (χ0) is 50.3. The van der Waals surface area contributed by atoms with Crippen molar-refractivity contribution in [1.29, 1.82) is 0 Å². The number of rotatable bonds is 11. The normalized spacial score (nSPS) is 12.2. The summed E-state index contributed by atoms with van der Waals surface area (Å²) >= 11 is 0. The molecule has 75 heavy (non-hydrogen) atoms.